The van der Waals surface area contributed by atoms with Crippen LogP contribution in [-0.2, 0) is 31.9 Å². The highest BCUT2D eigenvalue weighted by Gasteiger charge is 2.30. The second kappa shape index (κ2) is 24.9. The smallest absolute Gasteiger partial charge is 0.371 e. The molecule has 288 valence electrons. The molecule has 3 nitrogen and oxygen atoms in total. The summed E-state index contributed by atoms with van der Waals surface area (Å²) >= 11 is 1.86. The summed E-state index contributed by atoms with van der Waals surface area (Å²) in [4.78, 5) is 3.55. The number of thioether (sulfide) groups is 1. The molecule has 4 aromatic rings. The molecule has 0 amide bonds. The number of nitrogens with zero attached hydrogens (tertiary/aromatic N) is 3. The molecule has 1 aromatic heterocycles. The molecule has 1 heterocycles. The highest BCUT2D eigenvalue weighted by Crippen LogP contribution is 2.31. The van der Waals surface area contributed by atoms with Crippen molar-refractivity contribution in [1.29, 1.82) is 0 Å². The van der Waals surface area contributed by atoms with Crippen molar-refractivity contribution in [2.75, 3.05) is 6.54 Å². The normalized spacial score (nSPS) is 11.3. The third-order valence-electron chi connectivity index (χ3n) is 8.10. The molecule has 0 atom stereocenters. The van der Waals surface area contributed by atoms with Gasteiger partial charge in [0.25, 0.3) is 0 Å². The quantitative estimate of drug-likeness (QED) is 0.120. The van der Waals surface area contributed by atoms with E-state index in [0.717, 1.165) is 72.6 Å². The van der Waals surface area contributed by atoms with Crippen LogP contribution in [0.4, 0.5) is 13.2 Å². The maximum Gasteiger partial charge on any atom is 0.416 e. The molecule has 0 fully saturated rings. The average Bonchev–Trinajstić information content (AvgIpc) is 3.59. The van der Waals surface area contributed by atoms with E-state index >= 15 is 0 Å². The van der Waals surface area contributed by atoms with E-state index in [2.05, 4.69) is 100 Å². The number of halogens is 3. The SMILES string of the molecule is C=C(/C=C(\C)SCc1ccc(C)cc1)/C(=C\C)Cc1cnn(C)c1.C=C(CC)N(CCC)Cc1ccc(-c2ccc(C(F)(F)F)cc2)cc1.CC.CC. The van der Waals surface area contributed by atoms with Gasteiger partial charge >= 0.3 is 6.18 Å². The molecule has 0 aliphatic heterocycles. The zero-order valence-electron chi connectivity index (χ0n) is 33.8. The molecule has 4 rings (SSSR count). The van der Waals surface area contributed by atoms with E-state index in [-0.39, 0.29) is 0 Å². The largest absolute Gasteiger partial charge is 0.416 e. The van der Waals surface area contributed by atoms with Crippen LogP contribution in [-0.4, -0.2) is 21.2 Å². The lowest BCUT2D eigenvalue weighted by molar-refractivity contribution is -0.137. The zero-order chi connectivity index (χ0) is 40.0. The summed E-state index contributed by atoms with van der Waals surface area (Å²) < 4.78 is 39.8. The molecule has 3 aromatic carbocycles. The molecule has 0 saturated heterocycles. The summed E-state index contributed by atoms with van der Waals surface area (Å²) in [6, 6.07) is 22.0. The topological polar surface area (TPSA) is 21.1 Å². The number of allylic oxidation sites excluding steroid dienone is 6. The first kappa shape index (κ1) is 46.8. The lowest BCUT2D eigenvalue weighted by atomic mass is 10.0. The summed E-state index contributed by atoms with van der Waals surface area (Å²) in [5.41, 5.74) is 9.55. The Labute approximate surface area is 323 Å². The summed E-state index contributed by atoms with van der Waals surface area (Å²) in [5.74, 6) is 0.990. The van der Waals surface area contributed by atoms with Crippen LogP contribution in [0.3, 0.4) is 0 Å². The predicted molar refractivity (Wildman–Crippen MR) is 226 cm³/mol. The Bertz CT molecular complexity index is 1690. The van der Waals surface area contributed by atoms with Crippen LogP contribution in [0, 0.1) is 6.92 Å². The summed E-state index contributed by atoms with van der Waals surface area (Å²) in [7, 11) is 1.94. The molecule has 0 N–H and O–H groups in total. The van der Waals surface area contributed by atoms with Gasteiger partial charge in [-0.05, 0) is 95.7 Å². The Morgan fingerprint density at radius 3 is 1.87 bits per heavy atom. The van der Waals surface area contributed by atoms with Crippen LogP contribution >= 0.6 is 11.8 Å². The fourth-order valence-corrected chi connectivity index (χ4v) is 5.97. The number of aromatic nitrogens is 2. The minimum absolute atomic E-state index is 0.624. The van der Waals surface area contributed by atoms with E-state index in [0.29, 0.717) is 0 Å². The van der Waals surface area contributed by atoms with Crippen molar-refractivity contribution in [3.8, 4) is 11.1 Å². The van der Waals surface area contributed by atoms with Crippen LogP contribution in [0.1, 0.15) is 96.0 Å². The Morgan fingerprint density at radius 2 is 1.40 bits per heavy atom. The molecule has 0 saturated carbocycles. The zero-order valence-corrected chi connectivity index (χ0v) is 34.6. The number of hydrogen-bond acceptors (Lipinski definition) is 3. The third-order valence-corrected chi connectivity index (χ3v) is 9.15. The van der Waals surface area contributed by atoms with Crippen molar-refractivity contribution >= 4 is 11.8 Å². The minimum Gasteiger partial charge on any atom is -0.371 e. The number of hydrogen-bond donors (Lipinski definition) is 0. The van der Waals surface area contributed by atoms with Crippen LogP contribution in [0.15, 0.2) is 132 Å². The van der Waals surface area contributed by atoms with Gasteiger partial charge in [-0.2, -0.15) is 18.3 Å². The average molecular weight is 746 g/mol. The first-order valence-electron chi connectivity index (χ1n) is 18.7. The fourth-order valence-electron chi connectivity index (χ4n) is 5.16. The summed E-state index contributed by atoms with van der Waals surface area (Å²) in [5, 5.41) is 4.23. The molecule has 7 heteroatoms. The van der Waals surface area contributed by atoms with E-state index in [4.69, 9.17) is 0 Å². The number of alkyl halides is 3. The van der Waals surface area contributed by atoms with Gasteiger partial charge in [0.2, 0.25) is 0 Å². The Hall–Kier alpha value is -4.23. The van der Waals surface area contributed by atoms with E-state index < -0.39 is 11.7 Å². The number of benzene rings is 3. The first-order valence-corrected chi connectivity index (χ1v) is 19.7. The van der Waals surface area contributed by atoms with Crippen molar-refractivity contribution in [3.05, 3.63) is 160 Å². The van der Waals surface area contributed by atoms with Gasteiger partial charge in [0, 0.05) is 44.2 Å². The highest BCUT2D eigenvalue weighted by atomic mass is 32.2. The Morgan fingerprint density at radius 1 is 0.849 bits per heavy atom. The van der Waals surface area contributed by atoms with Gasteiger partial charge in [-0.25, -0.2) is 0 Å². The summed E-state index contributed by atoms with van der Waals surface area (Å²) in [6.07, 6.45) is 6.85. The van der Waals surface area contributed by atoms with Crippen molar-refractivity contribution in [3.63, 3.8) is 0 Å². The second-order valence-electron chi connectivity index (χ2n) is 12.2. The molecule has 0 aliphatic rings. The van der Waals surface area contributed by atoms with Crippen LogP contribution in [0.2, 0.25) is 0 Å². The van der Waals surface area contributed by atoms with Gasteiger partial charge in [0.15, 0.2) is 0 Å². The molecule has 0 unspecified atom stereocenters. The lowest BCUT2D eigenvalue weighted by Gasteiger charge is -2.26. The molecule has 0 spiro atoms. The Balaban J connectivity index is 0.000000485. The van der Waals surface area contributed by atoms with Crippen LogP contribution in [0.25, 0.3) is 11.1 Å². The standard InChI is InChI=1S/C21H24F3N.C21H26N2S.2C2H6/c1-4-14-25(16(3)5-2)15-17-6-8-18(9-7-17)19-10-12-20(13-11-19)21(22,23)24;1-6-21(12-20-13-22-23(5)14-20)17(3)11-18(4)24-15-19-9-7-16(2)8-10-19;2*1-2/h6-13H,3-5,14-15H2,1-2H3;6-11,13-14H,3,12,15H2,1-2,4-5H3;2*1-2H3/b;18-11+,21-6-;;. The number of aryl methyl sites for hydroxylation is 2. The first-order chi connectivity index (χ1) is 25.3. The number of rotatable bonds is 14. The Kier molecular flexibility index (Phi) is 22.0. The van der Waals surface area contributed by atoms with Crippen molar-refractivity contribution < 1.29 is 13.2 Å². The monoisotopic (exact) mass is 745 g/mol. The maximum atomic E-state index is 12.6. The molecular weight excluding hydrogens is 684 g/mol. The van der Waals surface area contributed by atoms with Crippen molar-refractivity contribution in [2.24, 2.45) is 7.05 Å². The van der Waals surface area contributed by atoms with Gasteiger partial charge in [-0.15, -0.1) is 11.8 Å². The summed E-state index contributed by atoms with van der Waals surface area (Å²) in [6.45, 7) is 28.7. The van der Waals surface area contributed by atoms with E-state index in [1.165, 1.54) is 44.9 Å². The predicted octanol–water partition coefficient (Wildman–Crippen LogP) is 14.2. The molecule has 0 radical (unpaired) electrons. The molecular formula is C46H62F3N3S. The minimum atomic E-state index is -4.30. The highest BCUT2D eigenvalue weighted by molar-refractivity contribution is 8.02. The van der Waals surface area contributed by atoms with E-state index in [1.54, 1.807) is 0 Å². The molecule has 0 bridgehead atoms. The second-order valence-corrected chi connectivity index (χ2v) is 13.4. The van der Waals surface area contributed by atoms with Crippen molar-refractivity contribution in [2.45, 2.75) is 100 Å². The fraction of sp³-hybridized carbons (Fsp3) is 0.370. The van der Waals surface area contributed by atoms with Gasteiger partial charge in [0.1, 0.15) is 0 Å². The lowest BCUT2D eigenvalue weighted by Crippen LogP contribution is -2.22. The van der Waals surface area contributed by atoms with Gasteiger partial charge in [0.05, 0.1) is 11.8 Å². The maximum absolute atomic E-state index is 12.6. The molecule has 0 aliphatic carbocycles. The van der Waals surface area contributed by atoms with E-state index in [1.807, 2.05) is 81.6 Å². The van der Waals surface area contributed by atoms with E-state index in [9.17, 15) is 13.2 Å². The third kappa shape index (κ3) is 17.0. The molecule has 53 heavy (non-hydrogen) atoms. The van der Waals surface area contributed by atoms with Crippen LogP contribution in [0.5, 0.6) is 0 Å². The van der Waals surface area contributed by atoms with Crippen molar-refractivity contribution in [1.82, 2.24) is 14.7 Å². The van der Waals surface area contributed by atoms with Gasteiger partial charge in [-0.1, -0.05) is 127 Å². The van der Waals surface area contributed by atoms with Gasteiger partial charge < -0.3 is 4.90 Å². The van der Waals surface area contributed by atoms with Gasteiger partial charge in [-0.3, -0.25) is 4.68 Å². The van der Waals surface area contributed by atoms with Crippen LogP contribution < -0.4 is 0 Å².